The van der Waals surface area contributed by atoms with Crippen LogP contribution in [0.1, 0.15) is 62.4 Å². The molecule has 150 valence electrons. The molecule has 3 aromatic rings. The topological polar surface area (TPSA) is 89.0 Å². The van der Waals surface area contributed by atoms with Crippen LogP contribution in [-0.2, 0) is 13.5 Å². The number of para-hydroxylation sites is 1. The average molecular weight is 392 g/mol. The van der Waals surface area contributed by atoms with E-state index >= 15 is 0 Å². The molecule has 0 saturated heterocycles. The van der Waals surface area contributed by atoms with Crippen molar-refractivity contribution in [2.24, 2.45) is 7.05 Å². The zero-order chi connectivity index (χ0) is 20.5. The number of ether oxygens (including phenoxy) is 1. The maximum Gasteiger partial charge on any atom is 0.268 e. The molecule has 1 unspecified atom stereocenters. The number of imidazole rings is 1. The molecule has 0 saturated carbocycles. The highest BCUT2D eigenvalue weighted by molar-refractivity contribution is 6.04. The summed E-state index contributed by atoms with van der Waals surface area (Å²) in [5, 5.41) is 3.09. The molecule has 1 atom stereocenters. The molecule has 0 radical (unpaired) electrons. The van der Waals surface area contributed by atoms with Gasteiger partial charge in [-0.2, -0.15) is 0 Å². The number of aromatic nitrogens is 3. The number of aryl methyl sites for hydroxylation is 2. The van der Waals surface area contributed by atoms with Gasteiger partial charge in [0, 0.05) is 42.7 Å². The van der Waals surface area contributed by atoms with Gasteiger partial charge in [-0.25, -0.2) is 4.98 Å². The van der Waals surface area contributed by atoms with E-state index in [1.54, 1.807) is 13.3 Å². The predicted octanol–water partition coefficient (Wildman–Crippen LogP) is 3.10. The maximum absolute atomic E-state index is 13.2. The number of H-pyrrole nitrogens is 1. The molecular weight excluding hydrogens is 368 g/mol. The van der Waals surface area contributed by atoms with Crippen LogP contribution in [0.5, 0.6) is 5.75 Å². The van der Waals surface area contributed by atoms with Crippen LogP contribution in [0.2, 0.25) is 0 Å². The number of nitrogens with zero attached hydrogens (tertiary/aromatic N) is 2. The molecular formula is C22H24N4O3. The Morgan fingerprint density at radius 2 is 2.10 bits per heavy atom. The van der Waals surface area contributed by atoms with Crippen molar-refractivity contribution in [3.63, 3.8) is 0 Å². The number of ketones is 1. The highest BCUT2D eigenvalue weighted by Crippen LogP contribution is 2.31. The van der Waals surface area contributed by atoms with Crippen LogP contribution in [0.3, 0.4) is 0 Å². The first-order chi connectivity index (χ1) is 14.0. The Morgan fingerprint density at radius 1 is 1.31 bits per heavy atom. The van der Waals surface area contributed by atoms with E-state index < -0.39 is 6.04 Å². The van der Waals surface area contributed by atoms with E-state index in [1.165, 1.54) is 0 Å². The molecule has 0 aliphatic heterocycles. The third-order valence-corrected chi connectivity index (χ3v) is 5.51. The molecule has 29 heavy (non-hydrogen) atoms. The monoisotopic (exact) mass is 392 g/mol. The first-order valence-electron chi connectivity index (χ1n) is 9.67. The summed E-state index contributed by atoms with van der Waals surface area (Å²) in [7, 11) is 3.49. The van der Waals surface area contributed by atoms with Crippen molar-refractivity contribution >= 4 is 11.7 Å². The number of nitrogens with one attached hydrogen (secondary N) is 2. The average Bonchev–Trinajstić information content (AvgIpc) is 3.30. The maximum atomic E-state index is 13.2. The summed E-state index contributed by atoms with van der Waals surface area (Å²) in [5.41, 5.74) is 3.48. The number of methoxy groups -OCH3 is 1. The fraction of sp³-hybridized carbons (Fsp3) is 0.318. The molecule has 2 aromatic heterocycles. The zero-order valence-corrected chi connectivity index (χ0v) is 16.8. The summed E-state index contributed by atoms with van der Waals surface area (Å²) in [6.07, 6.45) is 5.65. The Balaban J connectivity index is 1.73. The number of Topliss-reactive ketones (excluding diaryl/α,β-unsaturated/α-hetero) is 1. The fourth-order valence-electron chi connectivity index (χ4n) is 4.05. The van der Waals surface area contributed by atoms with Crippen molar-refractivity contribution in [3.05, 3.63) is 70.6 Å². The number of fused-ring (bicyclic) bond motifs is 1. The summed E-state index contributed by atoms with van der Waals surface area (Å²) >= 11 is 0. The fourth-order valence-corrected chi connectivity index (χ4v) is 4.05. The van der Waals surface area contributed by atoms with Gasteiger partial charge in [0.15, 0.2) is 5.78 Å². The quantitative estimate of drug-likeness (QED) is 0.698. The second kappa shape index (κ2) is 7.58. The molecule has 1 aliphatic carbocycles. The van der Waals surface area contributed by atoms with Gasteiger partial charge in [0.1, 0.15) is 23.3 Å². The summed E-state index contributed by atoms with van der Waals surface area (Å²) < 4.78 is 7.38. The molecule has 1 amide bonds. The van der Waals surface area contributed by atoms with Crippen LogP contribution >= 0.6 is 0 Å². The van der Waals surface area contributed by atoms with Gasteiger partial charge < -0.3 is 19.6 Å². The van der Waals surface area contributed by atoms with Gasteiger partial charge in [0.25, 0.3) is 5.91 Å². The van der Waals surface area contributed by atoms with Gasteiger partial charge in [0.05, 0.1) is 7.11 Å². The molecule has 2 heterocycles. The number of hydrogen-bond donors (Lipinski definition) is 2. The van der Waals surface area contributed by atoms with E-state index in [0.29, 0.717) is 34.8 Å². The summed E-state index contributed by atoms with van der Waals surface area (Å²) in [6, 6.07) is 7.05. The van der Waals surface area contributed by atoms with Gasteiger partial charge in [-0.15, -0.1) is 0 Å². The van der Waals surface area contributed by atoms with E-state index in [2.05, 4.69) is 15.3 Å². The first kappa shape index (κ1) is 19.0. The van der Waals surface area contributed by atoms with Gasteiger partial charge >= 0.3 is 0 Å². The van der Waals surface area contributed by atoms with Crippen molar-refractivity contribution < 1.29 is 14.3 Å². The molecule has 7 heteroatoms. The Labute approximate surface area is 169 Å². The number of benzene rings is 1. The molecule has 4 rings (SSSR count). The minimum Gasteiger partial charge on any atom is -0.496 e. The molecule has 2 N–H and O–H groups in total. The number of rotatable bonds is 5. The van der Waals surface area contributed by atoms with Gasteiger partial charge in [-0.1, -0.05) is 18.2 Å². The predicted molar refractivity (Wildman–Crippen MR) is 108 cm³/mol. The van der Waals surface area contributed by atoms with E-state index in [1.807, 2.05) is 49.0 Å². The molecule has 0 spiro atoms. The lowest BCUT2D eigenvalue weighted by molar-refractivity contribution is 0.0935. The Bertz CT molecular complexity index is 1080. The van der Waals surface area contributed by atoms with E-state index in [4.69, 9.17) is 4.74 Å². The van der Waals surface area contributed by atoms with Crippen LogP contribution in [0.15, 0.2) is 36.7 Å². The van der Waals surface area contributed by atoms with Crippen molar-refractivity contribution in [1.82, 2.24) is 19.9 Å². The number of carbonyl (C=O) groups excluding carboxylic acids is 2. The normalized spacial score (nSPS) is 14.4. The van der Waals surface area contributed by atoms with Crippen molar-refractivity contribution in [3.8, 4) is 5.75 Å². The lowest BCUT2D eigenvalue weighted by atomic mass is 9.93. The number of aromatic amines is 1. The lowest BCUT2D eigenvalue weighted by Gasteiger charge is -2.21. The van der Waals surface area contributed by atoms with Crippen LogP contribution in [-0.4, -0.2) is 33.3 Å². The molecule has 0 bridgehead atoms. The van der Waals surface area contributed by atoms with Crippen LogP contribution in [0.4, 0.5) is 0 Å². The Hall–Kier alpha value is -3.35. The second-order valence-electron chi connectivity index (χ2n) is 7.30. The summed E-state index contributed by atoms with van der Waals surface area (Å²) in [5.74, 6) is 1.18. The van der Waals surface area contributed by atoms with E-state index in [-0.39, 0.29) is 11.7 Å². The lowest BCUT2D eigenvalue weighted by Crippen LogP contribution is -2.32. The third-order valence-electron chi connectivity index (χ3n) is 5.51. The number of carbonyl (C=O) groups is 2. The Morgan fingerprint density at radius 3 is 2.79 bits per heavy atom. The highest BCUT2D eigenvalue weighted by atomic mass is 16.5. The molecule has 1 aromatic carbocycles. The summed E-state index contributed by atoms with van der Waals surface area (Å²) in [4.78, 5) is 33.2. The first-order valence-corrected chi connectivity index (χ1v) is 9.67. The molecule has 7 nitrogen and oxygen atoms in total. The van der Waals surface area contributed by atoms with E-state index in [9.17, 15) is 9.59 Å². The van der Waals surface area contributed by atoms with Gasteiger partial charge in [0.2, 0.25) is 0 Å². The van der Waals surface area contributed by atoms with Crippen molar-refractivity contribution in [2.45, 2.75) is 32.2 Å². The SMILES string of the molecule is COc1ccccc1C(NC(=O)c1[nH]c2c(c1C)C(=O)CCC2)c1nccn1C. The van der Waals surface area contributed by atoms with Gasteiger partial charge in [-0.05, 0) is 31.4 Å². The van der Waals surface area contributed by atoms with Crippen LogP contribution in [0, 0.1) is 6.92 Å². The Kier molecular flexibility index (Phi) is 4.96. The third kappa shape index (κ3) is 3.33. The van der Waals surface area contributed by atoms with Gasteiger partial charge in [-0.3, -0.25) is 9.59 Å². The second-order valence-corrected chi connectivity index (χ2v) is 7.30. The van der Waals surface area contributed by atoms with Crippen LogP contribution in [0.25, 0.3) is 0 Å². The van der Waals surface area contributed by atoms with Crippen molar-refractivity contribution in [2.75, 3.05) is 7.11 Å². The largest absolute Gasteiger partial charge is 0.496 e. The van der Waals surface area contributed by atoms with Crippen molar-refractivity contribution in [1.29, 1.82) is 0 Å². The standard InChI is InChI=1S/C22H24N4O3/c1-13-18-15(8-6-9-16(18)27)24-19(13)22(28)25-20(21-23-11-12-26(21)2)14-7-4-5-10-17(14)29-3/h4-5,7,10-12,20,24H,6,8-9H2,1-3H3,(H,25,28). The molecule has 1 aliphatic rings. The summed E-state index contributed by atoms with van der Waals surface area (Å²) in [6.45, 7) is 1.83. The van der Waals surface area contributed by atoms with Crippen LogP contribution < -0.4 is 10.1 Å². The highest BCUT2D eigenvalue weighted by Gasteiger charge is 2.29. The minimum absolute atomic E-state index is 0.101. The van der Waals surface area contributed by atoms with E-state index in [0.717, 1.165) is 24.1 Å². The molecule has 0 fully saturated rings. The number of hydrogen-bond acceptors (Lipinski definition) is 4. The number of amides is 1. The minimum atomic E-state index is -0.505. The zero-order valence-electron chi connectivity index (χ0n) is 16.8. The smallest absolute Gasteiger partial charge is 0.268 e.